The van der Waals surface area contributed by atoms with E-state index in [2.05, 4.69) is 11.7 Å². The summed E-state index contributed by atoms with van der Waals surface area (Å²) in [5.74, 6) is -0.180. The van der Waals surface area contributed by atoms with Gasteiger partial charge in [-0.25, -0.2) is 0 Å². The van der Waals surface area contributed by atoms with Crippen molar-refractivity contribution in [2.75, 3.05) is 7.11 Å². The Kier molecular flexibility index (Phi) is 15.0. The maximum atomic E-state index is 10.9. The number of unbranched alkanes of at least 4 members (excludes halogenated alkanes) is 6. The van der Waals surface area contributed by atoms with E-state index in [1.54, 1.807) is 6.08 Å². The summed E-state index contributed by atoms with van der Waals surface area (Å²) in [6.45, 7) is 2.13. The van der Waals surface area contributed by atoms with Gasteiger partial charge in [-0.2, -0.15) is 0 Å². The molecule has 0 rings (SSSR count). The van der Waals surface area contributed by atoms with Gasteiger partial charge in [0.2, 0.25) is 0 Å². The molecule has 0 radical (unpaired) electrons. The Morgan fingerprint density at radius 1 is 0.917 bits per heavy atom. The van der Waals surface area contributed by atoms with Gasteiger partial charge in [-0.05, 0) is 19.3 Å². The van der Waals surface area contributed by atoms with Crippen molar-refractivity contribution in [2.24, 2.45) is 0 Å². The van der Waals surface area contributed by atoms with Gasteiger partial charge in [0.1, 0.15) is 0 Å². The van der Waals surface area contributed by atoms with Crippen LogP contribution in [0.2, 0.25) is 0 Å². The standard InChI is InChI=1S/C19H36O5/c1-3-4-5-9-12-17(21)18(22)15-14-16(20)11-8-6-7-10-13-19(23)24-2/h14-18,20-22H,3-13H2,1-2H3/b15-14+/t16-,17-,18-/m1/s1. The molecule has 0 aliphatic rings. The molecule has 0 aromatic rings. The van der Waals surface area contributed by atoms with Crippen LogP contribution in [-0.4, -0.2) is 46.7 Å². The Balaban J connectivity index is 3.71. The van der Waals surface area contributed by atoms with Gasteiger partial charge in [-0.1, -0.05) is 64.0 Å². The third-order valence-electron chi connectivity index (χ3n) is 4.14. The SMILES string of the molecule is CCCCCC[C@@H](O)[C@H](O)/C=C/[C@H](O)CCCCCCC(=O)OC. The number of esters is 1. The fourth-order valence-electron chi connectivity index (χ4n) is 2.50. The van der Waals surface area contributed by atoms with Gasteiger partial charge in [-0.3, -0.25) is 4.79 Å². The Morgan fingerprint density at radius 3 is 2.21 bits per heavy atom. The molecule has 0 aliphatic heterocycles. The van der Waals surface area contributed by atoms with Crippen LogP contribution in [0.25, 0.3) is 0 Å². The summed E-state index contributed by atoms with van der Waals surface area (Å²) in [5, 5.41) is 29.6. The predicted molar refractivity (Wildman–Crippen MR) is 95.6 cm³/mol. The van der Waals surface area contributed by atoms with E-state index in [1.165, 1.54) is 13.2 Å². The third kappa shape index (κ3) is 13.5. The normalized spacial score (nSPS) is 15.4. The van der Waals surface area contributed by atoms with Crippen LogP contribution in [0.3, 0.4) is 0 Å². The molecule has 5 heteroatoms. The number of carbonyl (C=O) groups is 1. The summed E-state index contributed by atoms with van der Waals surface area (Å²) in [6, 6.07) is 0. The van der Waals surface area contributed by atoms with Crippen molar-refractivity contribution in [1.82, 2.24) is 0 Å². The molecule has 0 spiro atoms. The number of methoxy groups -OCH3 is 1. The zero-order valence-corrected chi connectivity index (χ0v) is 15.3. The summed E-state index contributed by atoms with van der Waals surface area (Å²) in [4.78, 5) is 10.9. The lowest BCUT2D eigenvalue weighted by atomic mass is 10.0. The van der Waals surface area contributed by atoms with Crippen molar-refractivity contribution in [3.8, 4) is 0 Å². The lowest BCUT2D eigenvalue weighted by Crippen LogP contribution is -2.24. The number of aliphatic hydroxyl groups excluding tert-OH is 3. The fraction of sp³-hybridized carbons (Fsp3) is 0.842. The van der Waals surface area contributed by atoms with Crippen LogP contribution in [0, 0.1) is 0 Å². The molecule has 0 fully saturated rings. The summed E-state index contributed by atoms with van der Waals surface area (Å²) in [7, 11) is 1.39. The quantitative estimate of drug-likeness (QED) is 0.241. The average Bonchev–Trinajstić information content (AvgIpc) is 2.58. The minimum Gasteiger partial charge on any atom is -0.469 e. The van der Waals surface area contributed by atoms with Crippen LogP contribution in [0.5, 0.6) is 0 Å². The second-order valence-corrected chi connectivity index (χ2v) is 6.39. The van der Waals surface area contributed by atoms with E-state index >= 15 is 0 Å². The molecule has 0 heterocycles. The van der Waals surface area contributed by atoms with Crippen molar-refractivity contribution in [2.45, 2.75) is 95.9 Å². The average molecular weight is 344 g/mol. The number of ether oxygens (including phenoxy) is 1. The highest BCUT2D eigenvalue weighted by Crippen LogP contribution is 2.11. The maximum absolute atomic E-state index is 10.9. The monoisotopic (exact) mass is 344 g/mol. The van der Waals surface area contributed by atoms with Crippen molar-refractivity contribution < 1.29 is 24.9 Å². The third-order valence-corrected chi connectivity index (χ3v) is 4.14. The number of aliphatic hydroxyl groups is 3. The maximum Gasteiger partial charge on any atom is 0.305 e. The Labute approximate surface area is 146 Å². The lowest BCUT2D eigenvalue weighted by Gasteiger charge is -2.15. The van der Waals surface area contributed by atoms with Crippen LogP contribution in [-0.2, 0) is 9.53 Å². The van der Waals surface area contributed by atoms with Crippen LogP contribution in [0.4, 0.5) is 0 Å². The van der Waals surface area contributed by atoms with Crippen molar-refractivity contribution >= 4 is 5.97 Å². The van der Waals surface area contributed by atoms with Gasteiger partial charge in [0.05, 0.1) is 25.4 Å². The highest BCUT2D eigenvalue weighted by atomic mass is 16.5. The van der Waals surface area contributed by atoms with E-state index in [0.29, 0.717) is 19.3 Å². The topological polar surface area (TPSA) is 87.0 Å². The Bertz CT molecular complexity index is 330. The van der Waals surface area contributed by atoms with Crippen molar-refractivity contribution in [3.63, 3.8) is 0 Å². The van der Waals surface area contributed by atoms with Crippen molar-refractivity contribution in [1.29, 1.82) is 0 Å². The molecule has 0 amide bonds. The summed E-state index contributed by atoms with van der Waals surface area (Å²) in [6.07, 6.45) is 10.3. The van der Waals surface area contributed by atoms with Gasteiger partial charge in [0, 0.05) is 6.42 Å². The Hall–Kier alpha value is -0.910. The van der Waals surface area contributed by atoms with Crippen molar-refractivity contribution in [3.05, 3.63) is 12.2 Å². The van der Waals surface area contributed by atoms with Crippen LogP contribution < -0.4 is 0 Å². The van der Waals surface area contributed by atoms with Gasteiger partial charge < -0.3 is 20.1 Å². The molecule has 0 bridgehead atoms. The van der Waals surface area contributed by atoms with Gasteiger partial charge in [0.25, 0.3) is 0 Å². The largest absolute Gasteiger partial charge is 0.469 e. The molecule has 142 valence electrons. The summed E-state index contributed by atoms with van der Waals surface area (Å²) < 4.78 is 4.57. The van der Waals surface area contributed by atoms with E-state index in [4.69, 9.17) is 0 Å². The minimum absolute atomic E-state index is 0.180. The molecule has 3 N–H and O–H groups in total. The van der Waals surface area contributed by atoms with E-state index in [9.17, 15) is 20.1 Å². The second-order valence-electron chi connectivity index (χ2n) is 6.39. The lowest BCUT2D eigenvalue weighted by molar-refractivity contribution is -0.140. The van der Waals surface area contributed by atoms with E-state index < -0.39 is 18.3 Å². The van der Waals surface area contributed by atoms with Gasteiger partial charge in [-0.15, -0.1) is 0 Å². The second kappa shape index (κ2) is 15.6. The number of hydrogen-bond acceptors (Lipinski definition) is 5. The molecule has 0 aromatic heterocycles. The zero-order chi connectivity index (χ0) is 18.2. The van der Waals surface area contributed by atoms with Crippen LogP contribution >= 0.6 is 0 Å². The highest BCUT2D eigenvalue weighted by molar-refractivity contribution is 5.68. The first-order valence-corrected chi connectivity index (χ1v) is 9.30. The summed E-state index contributed by atoms with van der Waals surface area (Å²) >= 11 is 0. The zero-order valence-electron chi connectivity index (χ0n) is 15.3. The first-order valence-electron chi connectivity index (χ1n) is 9.30. The Morgan fingerprint density at radius 2 is 1.54 bits per heavy atom. The summed E-state index contributed by atoms with van der Waals surface area (Å²) in [5.41, 5.74) is 0. The molecule has 3 atom stereocenters. The fourth-order valence-corrected chi connectivity index (χ4v) is 2.50. The molecular weight excluding hydrogens is 308 g/mol. The molecule has 0 unspecified atom stereocenters. The van der Waals surface area contributed by atoms with E-state index in [0.717, 1.165) is 51.4 Å². The van der Waals surface area contributed by atoms with Crippen LogP contribution in [0.1, 0.15) is 77.6 Å². The molecule has 5 nitrogen and oxygen atoms in total. The molecule has 0 saturated heterocycles. The molecule has 0 aromatic carbocycles. The van der Waals surface area contributed by atoms with Gasteiger partial charge >= 0.3 is 5.97 Å². The first-order chi connectivity index (χ1) is 11.5. The number of hydrogen-bond donors (Lipinski definition) is 3. The smallest absolute Gasteiger partial charge is 0.305 e. The van der Waals surface area contributed by atoms with E-state index in [-0.39, 0.29) is 5.97 Å². The predicted octanol–water partition coefficient (Wildman–Crippen LogP) is 3.11. The number of carbonyl (C=O) groups excluding carboxylic acids is 1. The molecule has 0 aliphatic carbocycles. The highest BCUT2D eigenvalue weighted by Gasteiger charge is 2.13. The molecular formula is C19H36O5. The van der Waals surface area contributed by atoms with Gasteiger partial charge in [0.15, 0.2) is 0 Å². The van der Waals surface area contributed by atoms with Crippen LogP contribution in [0.15, 0.2) is 12.2 Å². The molecule has 0 saturated carbocycles. The minimum atomic E-state index is -0.915. The number of rotatable bonds is 15. The first kappa shape index (κ1) is 23.1. The van der Waals surface area contributed by atoms with E-state index in [1.807, 2.05) is 0 Å². The molecule has 24 heavy (non-hydrogen) atoms.